The van der Waals surface area contributed by atoms with Crippen molar-refractivity contribution >= 4 is 12.2 Å². The van der Waals surface area contributed by atoms with Crippen molar-refractivity contribution in [3.05, 3.63) is 53.6 Å². The monoisotopic (exact) mass is 313 g/mol. The summed E-state index contributed by atoms with van der Waals surface area (Å²) in [6.07, 6.45) is 0.737. The molecule has 0 radical (unpaired) electrons. The first kappa shape index (κ1) is 14.9. The second-order valence-electron chi connectivity index (χ2n) is 4.86. The Hall–Kier alpha value is -3.02. The topological polar surface area (TPSA) is 73.9 Å². The summed E-state index contributed by atoms with van der Waals surface area (Å²) < 4.78 is 16.0. The summed E-state index contributed by atoms with van der Waals surface area (Å²) in [7, 11) is 0. The number of nitrogens with one attached hydrogen (secondary N) is 1. The molecule has 2 aromatic carbocycles. The SMILES string of the molecule is O=Cc1ccc(C(=O)NCCOc2ccc3c(c2)OCO3)cc1. The molecule has 0 bridgehead atoms. The van der Waals surface area contributed by atoms with Crippen LogP contribution in [0.15, 0.2) is 42.5 Å². The first-order valence-corrected chi connectivity index (χ1v) is 7.12. The zero-order chi connectivity index (χ0) is 16.1. The van der Waals surface area contributed by atoms with Gasteiger partial charge in [-0.2, -0.15) is 0 Å². The average Bonchev–Trinajstić information content (AvgIpc) is 3.06. The summed E-state index contributed by atoms with van der Waals surface area (Å²) >= 11 is 0. The largest absolute Gasteiger partial charge is 0.492 e. The van der Waals surface area contributed by atoms with Crippen molar-refractivity contribution in [1.82, 2.24) is 5.32 Å². The molecule has 1 amide bonds. The van der Waals surface area contributed by atoms with E-state index in [4.69, 9.17) is 14.2 Å². The summed E-state index contributed by atoms with van der Waals surface area (Å²) in [5, 5.41) is 2.75. The van der Waals surface area contributed by atoms with E-state index in [1.165, 1.54) is 0 Å². The number of carbonyl (C=O) groups excluding carboxylic acids is 2. The standard InChI is InChI=1S/C17H15NO5/c19-10-12-1-3-13(4-2-12)17(20)18-7-8-21-14-5-6-15-16(9-14)23-11-22-15/h1-6,9-10H,7-8,11H2,(H,18,20). The highest BCUT2D eigenvalue weighted by atomic mass is 16.7. The Kier molecular flexibility index (Phi) is 4.42. The fraction of sp³-hybridized carbons (Fsp3) is 0.176. The van der Waals surface area contributed by atoms with E-state index in [1.54, 1.807) is 42.5 Å². The third-order valence-electron chi connectivity index (χ3n) is 3.31. The van der Waals surface area contributed by atoms with Crippen molar-refractivity contribution in [2.24, 2.45) is 0 Å². The maximum absolute atomic E-state index is 11.9. The molecule has 3 rings (SSSR count). The normalized spacial score (nSPS) is 11.8. The van der Waals surface area contributed by atoms with Crippen LogP contribution in [0.25, 0.3) is 0 Å². The van der Waals surface area contributed by atoms with Gasteiger partial charge in [0.15, 0.2) is 11.5 Å². The van der Waals surface area contributed by atoms with Gasteiger partial charge in [-0.15, -0.1) is 0 Å². The molecule has 2 aromatic rings. The number of hydrogen-bond acceptors (Lipinski definition) is 5. The summed E-state index contributed by atoms with van der Waals surface area (Å²) in [5.74, 6) is 1.79. The minimum Gasteiger partial charge on any atom is -0.492 e. The molecule has 1 aliphatic rings. The van der Waals surface area contributed by atoms with Crippen LogP contribution in [0, 0.1) is 0 Å². The minimum absolute atomic E-state index is 0.211. The predicted molar refractivity (Wildman–Crippen MR) is 82.2 cm³/mol. The Balaban J connectivity index is 1.45. The molecule has 1 heterocycles. The zero-order valence-electron chi connectivity index (χ0n) is 12.3. The summed E-state index contributed by atoms with van der Waals surface area (Å²) in [4.78, 5) is 22.5. The number of fused-ring (bicyclic) bond motifs is 1. The number of ether oxygens (including phenoxy) is 3. The lowest BCUT2D eigenvalue weighted by atomic mass is 10.1. The number of carbonyl (C=O) groups is 2. The Labute approximate surface area is 133 Å². The third-order valence-corrected chi connectivity index (χ3v) is 3.31. The van der Waals surface area contributed by atoms with Crippen LogP contribution in [-0.4, -0.2) is 32.1 Å². The van der Waals surface area contributed by atoms with Crippen LogP contribution in [0.4, 0.5) is 0 Å². The van der Waals surface area contributed by atoms with Gasteiger partial charge in [-0.3, -0.25) is 9.59 Å². The van der Waals surface area contributed by atoms with Crippen LogP contribution in [0.3, 0.4) is 0 Å². The van der Waals surface area contributed by atoms with Gasteiger partial charge in [0, 0.05) is 17.2 Å². The van der Waals surface area contributed by atoms with Crippen molar-refractivity contribution in [3.63, 3.8) is 0 Å². The predicted octanol–water partition coefficient (Wildman–Crippen LogP) is 2.04. The van der Waals surface area contributed by atoms with E-state index >= 15 is 0 Å². The average molecular weight is 313 g/mol. The van der Waals surface area contributed by atoms with E-state index in [0.717, 1.165) is 6.29 Å². The molecule has 0 saturated carbocycles. The van der Waals surface area contributed by atoms with Gasteiger partial charge in [0.25, 0.3) is 5.91 Å². The summed E-state index contributed by atoms with van der Waals surface area (Å²) in [6.45, 7) is 0.915. The lowest BCUT2D eigenvalue weighted by molar-refractivity contribution is 0.0946. The molecule has 6 nitrogen and oxygen atoms in total. The van der Waals surface area contributed by atoms with Gasteiger partial charge >= 0.3 is 0 Å². The Morgan fingerprint density at radius 3 is 2.70 bits per heavy atom. The second kappa shape index (κ2) is 6.83. The molecule has 1 N–H and O–H groups in total. The van der Waals surface area contributed by atoms with Crippen molar-refractivity contribution in [1.29, 1.82) is 0 Å². The van der Waals surface area contributed by atoms with E-state index < -0.39 is 0 Å². The highest BCUT2D eigenvalue weighted by Crippen LogP contribution is 2.34. The van der Waals surface area contributed by atoms with Crippen LogP contribution in [0.2, 0.25) is 0 Å². The molecule has 0 unspecified atom stereocenters. The van der Waals surface area contributed by atoms with Gasteiger partial charge in [-0.25, -0.2) is 0 Å². The molecule has 1 aliphatic heterocycles. The van der Waals surface area contributed by atoms with Crippen molar-refractivity contribution < 1.29 is 23.8 Å². The smallest absolute Gasteiger partial charge is 0.251 e. The van der Waals surface area contributed by atoms with E-state index in [1.807, 2.05) is 0 Å². The van der Waals surface area contributed by atoms with E-state index in [2.05, 4.69) is 5.32 Å². The first-order valence-electron chi connectivity index (χ1n) is 7.12. The van der Waals surface area contributed by atoms with Gasteiger partial charge in [0.1, 0.15) is 18.6 Å². The van der Waals surface area contributed by atoms with Gasteiger partial charge in [-0.1, -0.05) is 12.1 Å². The lowest BCUT2D eigenvalue weighted by Gasteiger charge is -2.08. The molecule has 0 saturated heterocycles. The van der Waals surface area contributed by atoms with E-state index in [9.17, 15) is 9.59 Å². The fourth-order valence-corrected chi connectivity index (χ4v) is 2.12. The van der Waals surface area contributed by atoms with Gasteiger partial charge in [0.05, 0.1) is 6.54 Å². The molecule has 0 fully saturated rings. The second-order valence-corrected chi connectivity index (χ2v) is 4.86. The number of amides is 1. The van der Waals surface area contributed by atoms with E-state index in [-0.39, 0.29) is 12.7 Å². The van der Waals surface area contributed by atoms with Gasteiger partial charge in [-0.05, 0) is 24.3 Å². The summed E-state index contributed by atoms with van der Waals surface area (Å²) in [6, 6.07) is 11.7. The molecular weight excluding hydrogens is 298 g/mol. The van der Waals surface area contributed by atoms with Crippen molar-refractivity contribution in [2.45, 2.75) is 0 Å². The molecule has 0 spiro atoms. The zero-order valence-corrected chi connectivity index (χ0v) is 12.3. The molecule has 0 atom stereocenters. The van der Waals surface area contributed by atoms with Crippen molar-refractivity contribution in [2.75, 3.05) is 19.9 Å². The maximum atomic E-state index is 11.9. The molecule has 23 heavy (non-hydrogen) atoms. The van der Waals surface area contributed by atoms with Crippen LogP contribution in [0.5, 0.6) is 17.2 Å². The van der Waals surface area contributed by atoms with Gasteiger partial charge < -0.3 is 19.5 Å². The number of rotatable bonds is 6. The fourth-order valence-electron chi connectivity index (χ4n) is 2.12. The molecular formula is C17H15NO5. The number of aldehydes is 1. The van der Waals surface area contributed by atoms with Crippen LogP contribution in [0.1, 0.15) is 20.7 Å². The van der Waals surface area contributed by atoms with Crippen LogP contribution >= 0.6 is 0 Å². The minimum atomic E-state index is -0.211. The quantitative estimate of drug-likeness (QED) is 0.652. The Morgan fingerprint density at radius 2 is 1.91 bits per heavy atom. The first-order chi connectivity index (χ1) is 11.3. The Bertz CT molecular complexity index is 711. The van der Waals surface area contributed by atoms with Gasteiger partial charge in [0.2, 0.25) is 6.79 Å². The Morgan fingerprint density at radius 1 is 1.13 bits per heavy atom. The molecule has 0 aromatic heterocycles. The maximum Gasteiger partial charge on any atom is 0.251 e. The van der Waals surface area contributed by atoms with E-state index in [0.29, 0.717) is 41.5 Å². The molecule has 118 valence electrons. The third kappa shape index (κ3) is 3.60. The highest BCUT2D eigenvalue weighted by molar-refractivity contribution is 5.94. The number of benzene rings is 2. The summed E-state index contributed by atoms with van der Waals surface area (Å²) in [5.41, 5.74) is 1.03. The molecule has 6 heteroatoms. The lowest BCUT2D eigenvalue weighted by Crippen LogP contribution is -2.28. The highest BCUT2D eigenvalue weighted by Gasteiger charge is 2.13. The molecule has 0 aliphatic carbocycles. The van der Waals surface area contributed by atoms with Crippen molar-refractivity contribution in [3.8, 4) is 17.2 Å². The van der Waals surface area contributed by atoms with Crippen LogP contribution < -0.4 is 19.5 Å². The van der Waals surface area contributed by atoms with Crippen LogP contribution in [-0.2, 0) is 0 Å². The number of hydrogen-bond donors (Lipinski definition) is 1.